The van der Waals surface area contributed by atoms with Crippen molar-refractivity contribution in [2.75, 3.05) is 19.6 Å². The number of hydrogen-bond donors (Lipinski definition) is 1. The van der Waals surface area contributed by atoms with E-state index in [4.69, 9.17) is 5.73 Å². The van der Waals surface area contributed by atoms with Crippen molar-refractivity contribution in [2.24, 2.45) is 11.1 Å². The lowest BCUT2D eigenvalue weighted by atomic mass is 9.79. The molecule has 148 valence electrons. The van der Waals surface area contributed by atoms with Crippen molar-refractivity contribution in [1.29, 1.82) is 0 Å². The summed E-state index contributed by atoms with van der Waals surface area (Å²) in [5, 5.41) is 0. The molecule has 2 fully saturated rings. The summed E-state index contributed by atoms with van der Waals surface area (Å²) >= 11 is 0. The molecule has 2 N–H and O–H groups in total. The lowest BCUT2D eigenvalue weighted by molar-refractivity contribution is -0.139. The van der Waals surface area contributed by atoms with Crippen molar-refractivity contribution in [3.63, 3.8) is 0 Å². The maximum Gasteiger partial charge on any atom is 0.239 e. The summed E-state index contributed by atoms with van der Waals surface area (Å²) in [6, 6.07) is 6.67. The lowest BCUT2D eigenvalue weighted by Gasteiger charge is -2.44. The van der Waals surface area contributed by atoms with Crippen molar-refractivity contribution in [1.82, 2.24) is 9.80 Å². The minimum absolute atomic E-state index is 0. The lowest BCUT2D eigenvalue weighted by Crippen LogP contribution is -2.57. The van der Waals surface area contributed by atoms with Crippen LogP contribution in [0.3, 0.4) is 0 Å². The van der Waals surface area contributed by atoms with Crippen LogP contribution in [0.1, 0.15) is 38.7 Å². The van der Waals surface area contributed by atoms with Gasteiger partial charge in [-0.1, -0.05) is 26.0 Å². The minimum Gasteiger partial charge on any atom is -0.341 e. The third-order valence-corrected chi connectivity index (χ3v) is 5.57. The second-order valence-electron chi connectivity index (χ2n) is 7.90. The predicted octanol–water partition coefficient (Wildman–Crippen LogP) is 3.22. The fourth-order valence-electron chi connectivity index (χ4n) is 3.89. The van der Waals surface area contributed by atoms with Gasteiger partial charge in [-0.15, -0.1) is 24.8 Å². The highest BCUT2D eigenvalue weighted by atomic mass is 35.5. The van der Waals surface area contributed by atoms with E-state index in [1.165, 1.54) is 12.1 Å². The molecule has 0 spiro atoms. The van der Waals surface area contributed by atoms with Gasteiger partial charge in [0.25, 0.3) is 0 Å². The van der Waals surface area contributed by atoms with E-state index in [-0.39, 0.29) is 54.0 Å². The Morgan fingerprint density at radius 2 is 1.85 bits per heavy atom. The Balaban J connectivity index is 0.00000169. The van der Waals surface area contributed by atoms with Crippen molar-refractivity contribution < 1.29 is 9.18 Å². The molecule has 2 atom stereocenters. The van der Waals surface area contributed by atoms with E-state index in [2.05, 4.69) is 18.7 Å². The quantitative estimate of drug-likeness (QED) is 0.839. The number of piperidine rings is 1. The number of rotatable bonds is 3. The first-order chi connectivity index (χ1) is 11.4. The first-order valence-corrected chi connectivity index (χ1v) is 8.90. The third-order valence-electron chi connectivity index (χ3n) is 5.57. The summed E-state index contributed by atoms with van der Waals surface area (Å²) in [4.78, 5) is 17.3. The van der Waals surface area contributed by atoms with E-state index in [1.807, 2.05) is 4.90 Å². The third kappa shape index (κ3) is 5.10. The normalized spacial score (nSPS) is 25.3. The Kier molecular flexibility index (Phi) is 8.33. The van der Waals surface area contributed by atoms with Gasteiger partial charge in [0.1, 0.15) is 5.82 Å². The maximum absolute atomic E-state index is 13.1. The van der Waals surface area contributed by atoms with E-state index in [0.717, 1.165) is 44.5 Å². The summed E-state index contributed by atoms with van der Waals surface area (Å²) in [5.74, 6) is 0.00859. The van der Waals surface area contributed by atoms with Crippen molar-refractivity contribution in [3.8, 4) is 0 Å². The standard InChI is InChI=1S/C19H28FN3O.2ClH/c1-19(2)13-23(11-9-17(19)21)18(24)16-4-3-10-22(16)12-14-5-7-15(20)8-6-14;;/h5-8,16-17H,3-4,9-13,21H2,1-2H3;2*1H. The molecule has 0 bridgehead atoms. The molecule has 1 aromatic carbocycles. The molecule has 2 unspecified atom stereocenters. The van der Waals surface area contributed by atoms with Crippen molar-refractivity contribution in [2.45, 2.75) is 51.7 Å². The zero-order valence-electron chi connectivity index (χ0n) is 15.5. The van der Waals surface area contributed by atoms with Crippen molar-refractivity contribution >= 4 is 30.7 Å². The van der Waals surface area contributed by atoms with Gasteiger partial charge in [-0.05, 0) is 48.9 Å². The topological polar surface area (TPSA) is 49.6 Å². The molecule has 0 aliphatic carbocycles. The zero-order chi connectivity index (χ0) is 17.3. The van der Waals surface area contributed by atoms with Gasteiger partial charge in [-0.2, -0.15) is 0 Å². The molecule has 1 amide bonds. The van der Waals surface area contributed by atoms with E-state index < -0.39 is 0 Å². The minimum atomic E-state index is -0.223. The number of nitrogens with two attached hydrogens (primary N) is 1. The van der Waals surface area contributed by atoms with Crippen molar-refractivity contribution in [3.05, 3.63) is 35.6 Å². The summed E-state index contributed by atoms with van der Waals surface area (Å²) < 4.78 is 13.1. The number of carbonyl (C=O) groups is 1. The van der Waals surface area contributed by atoms with Crippen LogP contribution in [0.5, 0.6) is 0 Å². The van der Waals surface area contributed by atoms with Crippen LogP contribution in [0.4, 0.5) is 4.39 Å². The summed E-state index contributed by atoms with van der Waals surface area (Å²) in [6.45, 7) is 7.39. The number of likely N-dealkylation sites (tertiary alicyclic amines) is 2. The van der Waals surface area contributed by atoms with Gasteiger partial charge in [0, 0.05) is 25.7 Å². The number of halogens is 3. The average molecular weight is 406 g/mol. The summed E-state index contributed by atoms with van der Waals surface area (Å²) in [7, 11) is 0. The molecule has 2 aliphatic heterocycles. The van der Waals surface area contributed by atoms with E-state index >= 15 is 0 Å². The van der Waals surface area contributed by atoms with Gasteiger partial charge >= 0.3 is 0 Å². The molecular weight excluding hydrogens is 376 g/mol. The average Bonchev–Trinajstić information content (AvgIpc) is 2.99. The zero-order valence-corrected chi connectivity index (χ0v) is 17.1. The van der Waals surface area contributed by atoms with Crippen LogP contribution in [0.25, 0.3) is 0 Å². The number of benzene rings is 1. The van der Waals surface area contributed by atoms with Gasteiger partial charge in [0.05, 0.1) is 6.04 Å². The molecule has 3 rings (SSSR count). The molecule has 1 aromatic rings. The fraction of sp³-hybridized carbons (Fsp3) is 0.632. The first kappa shape index (κ1) is 23.2. The molecule has 2 aliphatic rings. The van der Waals surface area contributed by atoms with Crippen LogP contribution in [-0.4, -0.2) is 47.4 Å². The molecule has 0 saturated carbocycles. The van der Waals surface area contributed by atoms with Crippen LogP contribution in [-0.2, 0) is 11.3 Å². The van der Waals surface area contributed by atoms with Gasteiger partial charge < -0.3 is 10.6 Å². The van der Waals surface area contributed by atoms with Crippen LogP contribution >= 0.6 is 24.8 Å². The maximum atomic E-state index is 13.1. The van der Waals surface area contributed by atoms with Crippen LogP contribution in [0.15, 0.2) is 24.3 Å². The monoisotopic (exact) mass is 405 g/mol. The van der Waals surface area contributed by atoms with Gasteiger partial charge in [0.15, 0.2) is 0 Å². The van der Waals surface area contributed by atoms with E-state index in [9.17, 15) is 9.18 Å². The number of amides is 1. The molecular formula is C19H30Cl2FN3O. The Hall–Kier alpha value is -0.880. The predicted molar refractivity (Wildman–Crippen MR) is 107 cm³/mol. The molecule has 7 heteroatoms. The van der Waals surface area contributed by atoms with E-state index in [1.54, 1.807) is 12.1 Å². The Bertz CT molecular complexity index is 597. The van der Waals surface area contributed by atoms with Gasteiger partial charge in [0.2, 0.25) is 5.91 Å². The summed E-state index contributed by atoms with van der Waals surface area (Å²) in [6.07, 6.45) is 2.81. The highest BCUT2D eigenvalue weighted by molar-refractivity contribution is 5.85. The molecule has 4 nitrogen and oxygen atoms in total. The van der Waals surface area contributed by atoms with Gasteiger partial charge in [-0.25, -0.2) is 4.39 Å². The van der Waals surface area contributed by atoms with Gasteiger partial charge in [-0.3, -0.25) is 9.69 Å². The Labute approximate surface area is 168 Å². The second kappa shape index (κ2) is 9.36. The Morgan fingerprint density at radius 3 is 2.46 bits per heavy atom. The van der Waals surface area contributed by atoms with Crippen LogP contribution in [0, 0.1) is 11.2 Å². The SMILES string of the molecule is CC1(C)CN(C(=O)C2CCCN2Cc2ccc(F)cc2)CCC1N.Cl.Cl. The number of hydrogen-bond acceptors (Lipinski definition) is 3. The molecule has 2 saturated heterocycles. The second-order valence-corrected chi connectivity index (χ2v) is 7.90. The molecule has 0 radical (unpaired) electrons. The first-order valence-electron chi connectivity index (χ1n) is 8.90. The van der Waals surface area contributed by atoms with Crippen LogP contribution in [0.2, 0.25) is 0 Å². The highest BCUT2D eigenvalue weighted by Crippen LogP contribution is 2.30. The molecule has 0 aromatic heterocycles. The summed E-state index contributed by atoms with van der Waals surface area (Å²) in [5.41, 5.74) is 7.21. The number of nitrogens with zero attached hydrogens (tertiary/aromatic N) is 2. The Morgan fingerprint density at radius 1 is 1.19 bits per heavy atom. The smallest absolute Gasteiger partial charge is 0.239 e. The number of carbonyl (C=O) groups excluding carboxylic acids is 1. The van der Waals surface area contributed by atoms with Crippen LogP contribution < -0.4 is 5.73 Å². The fourth-order valence-corrected chi connectivity index (χ4v) is 3.89. The van der Waals surface area contributed by atoms with E-state index in [0.29, 0.717) is 6.54 Å². The largest absolute Gasteiger partial charge is 0.341 e. The highest BCUT2D eigenvalue weighted by Gasteiger charge is 2.39. The molecule has 2 heterocycles. The molecule has 26 heavy (non-hydrogen) atoms.